The number of anilines is 1. The van der Waals surface area contributed by atoms with Gasteiger partial charge in [-0.15, -0.1) is 0 Å². The maximum Gasteiger partial charge on any atom is 0.490 e. The molecular weight excluding hydrogens is 596 g/mol. The molecule has 0 radical (unpaired) electrons. The molecule has 13 nitrogen and oxygen atoms in total. The Morgan fingerprint density at radius 2 is 1.82 bits per heavy atom. The number of aromatic amines is 1. The fourth-order valence-electron chi connectivity index (χ4n) is 2.66. The number of carbonyl (C=O) groups excluding carboxylic acids is 1. The average molecular weight is 619 g/mol. The Kier molecular flexibility index (Phi) is 12.4. The number of oxime groups is 1. The van der Waals surface area contributed by atoms with Gasteiger partial charge in [-0.3, -0.25) is 14.3 Å². The minimum absolute atomic E-state index is 0.0118. The van der Waals surface area contributed by atoms with Gasteiger partial charge in [0.25, 0.3) is 5.56 Å². The molecule has 0 saturated carbocycles. The van der Waals surface area contributed by atoms with Crippen LogP contribution in [0.1, 0.15) is 16.8 Å². The number of halogens is 5. The zero-order valence-electron chi connectivity index (χ0n) is 19.9. The lowest BCUT2D eigenvalue weighted by molar-refractivity contribution is -0.192. The Morgan fingerprint density at radius 1 is 1.21 bits per heavy atom. The normalized spacial score (nSPS) is 11.0. The summed E-state index contributed by atoms with van der Waals surface area (Å²) in [6, 6.07) is 6.09. The predicted octanol–water partition coefficient (Wildman–Crippen LogP) is 1.43. The number of alkyl halides is 3. The second-order valence-electron chi connectivity index (χ2n) is 7.43. The first-order valence-electron chi connectivity index (χ1n) is 10.4. The number of aromatic nitrogens is 1. The molecule has 0 aliphatic carbocycles. The van der Waals surface area contributed by atoms with Gasteiger partial charge in [0, 0.05) is 5.69 Å². The number of guanidine groups is 1. The van der Waals surface area contributed by atoms with E-state index < -0.39 is 39.4 Å². The molecule has 8 N–H and O–H groups in total. The van der Waals surface area contributed by atoms with Gasteiger partial charge in [0.2, 0.25) is 21.9 Å². The summed E-state index contributed by atoms with van der Waals surface area (Å²) in [4.78, 5) is 40.8. The highest BCUT2D eigenvalue weighted by Crippen LogP contribution is 2.27. The number of sulfonamides is 1. The molecule has 1 amide bonds. The molecule has 216 valence electrons. The lowest BCUT2D eigenvalue weighted by Gasteiger charge is -2.13. The summed E-state index contributed by atoms with van der Waals surface area (Å²) in [5.74, 6) is -4.01. The number of H-pyrrole nitrogens is 1. The third kappa shape index (κ3) is 12.1. The molecule has 0 saturated heterocycles. The molecule has 0 aliphatic rings. The third-order valence-corrected chi connectivity index (χ3v) is 6.23. The number of nitrogens with zero attached hydrogens (tertiary/aromatic N) is 1. The Bertz CT molecular complexity index is 1380. The molecule has 0 aliphatic heterocycles. The van der Waals surface area contributed by atoms with Crippen molar-refractivity contribution in [2.45, 2.75) is 25.3 Å². The Hall–Kier alpha value is -3.70. The average Bonchev–Trinajstić information content (AvgIpc) is 2.78. The molecule has 39 heavy (non-hydrogen) atoms. The van der Waals surface area contributed by atoms with Crippen molar-refractivity contribution in [1.29, 1.82) is 0 Å². The number of aryl methyl sites for hydroxylation is 1. The first kappa shape index (κ1) is 33.3. The van der Waals surface area contributed by atoms with E-state index in [0.29, 0.717) is 5.69 Å². The van der Waals surface area contributed by atoms with Crippen LogP contribution >= 0.6 is 23.2 Å². The SMILES string of the molecule is Cc1cc(CC(=O)NCCON=C(N)N)c(NS(=O)(=O)Cc2cccc(Cl)c2Cl)c(=O)[nH]1.O=C(O)C(F)(F)F. The first-order chi connectivity index (χ1) is 17.9. The van der Waals surface area contributed by atoms with E-state index in [2.05, 4.69) is 20.2 Å². The molecule has 1 aromatic heterocycles. The summed E-state index contributed by atoms with van der Waals surface area (Å²) in [6.07, 6.45) is -5.34. The number of aliphatic carboxylic acids is 1. The van der Waals surface area contributed by atoms with Crippen molar-refractivity contribution in [2.24, 2.45) is 16.6 Å². The van der Waals surface area contributed by atoms with Gasteiger partial charge in [0.15, 0.2) is 0 Å². The summed E-state index contributed by atoms with van der Waals surface area (Å²) < 4.78 is 59.4. The largest absolute Gasteiger partial charge is 0.490 e. The molecule has 19 heteroatoms. The fourth-order valence-corrected chi connectivity index (χ4v) is 4.38. The highest BCUT2D eigenvalue weighted by molar-refractivity contribution is 7.91. The van der Waals surface area contributed by atoms with Gasteiger partial charge < -0.3 is 31.7 Å². The van der Waals surface area contributed by atoms with Crippen LogP contribution in [-0.4, -0.2) is 55.7 Å². The number of carboxylic acid groups (broad SMARTS) is 1. The Labute approximate surface area is 229 Å². The van der Waals surface area contributed by atoms with E-state index in [1.807, 2.05) is 0 Å². The van der Waals surface area contributed by atoms with E-state index in [1.54, 1.807) is 13.0 Å². The van der Waals surface area contributed by atoms with Crippen molar-refractivity contribution < 1.29 is 41.1 Å². The lowest BCUT2D eigenvalue weighted by Crippen LogP contribution is -2.30. The molecular formula is C20H23Cl2F3N6O7S. The van der Waals surface area contributed by atoms with Crippen molar-refractivity contribution in [3.8, 4) is 0 Å². The van der Waals surface area contributed by atoms with E-state index in [-0.39, 0.29) is 52.4 Å². The zero-order valence-corrected chi connectivity index (χ0v) is 22.3. The summed E-state index contributed by atoms with van der Waals surface area (Å²) >= 11 is 12.0. The third-order valence-electron chi connectivity index (χ3n) is 4.16. The number of pyridine rings is 1. The molecule has 0 bridgehead atoms. The van der Waals surface area contributed by atoms with Crippen LogP contribution in [0.3, 0.4) is 0 Å². The van der Waals surface area contributed by atoms with Crippen LogP contribution in [0, 0.1) is 6.92 Å². The number of amides is 1. The van der Waals surface area contributed by atoms with Crippen molar-refractivity contribution in [3.05, 3.63) is 61.5 Å². The molecule has 0 unspecified atom stereocenters. The van der Waals surface area contributed by atoms with Crippen LogP contribution in [0.2, 0.25) is 10.0 Å². The Balaban J connectivity index is 0.000000956. The highest BCUT2D eigenvalue weighted by atomic mass is 35.5. The summed E-state index contributed by atoms with van der Waals surface area (Å²) in [5, 5.41) is 13.3. The second-order valence-corrected chi connectivity index (χ2v) is 9.94. The second kappa shape index (κ2) is 14.5. The van der Waals surface area contributed by atoms with Crippen molar-refractivity contribution in [2.75, 3.05) is 17.9 Å². The van der Waals surface area contributed by atoms with Crippen molar-refractivity contribution in [1.82, 2.24) is 10.3 Å². The molecule has 2 aromatic rings. The number of hydrogen-bond donors (Lipinski definition) is 6. The summed E-state index contributed by atoms with van der Waals surface area (Å²) in [5.41, 5.74) is 10.2. The maximum atomic E-state index is 12.7. The summed E-state index contributed by atoms with van der Waals surface area (Å²) in [7, 11) is -4.06. The molecule has 2 rings (SSSR count). The van der Waals surface area contributed by atoms with Crippen LogP contribution in [-0.2, 0) is 36.6 Å². The number of rotatable bonds is 10. The minimum atomic E-state index is -5.08. The molecule has 0 atom stereocenters. The van der Waals surface area contributed by atoms with Crippen LogP contribution in [0.4, 0.5) is 18.9 Å². The monoisotopic (exact) mass is 618 g/mol. The van der Waals surface area contributed by atoms with Crippen LogP contribution in [0.15, 0.2) is 34.2 Å². The maximum absolute atomic E-state index is 12.7. The predicted molar refractivity (Wildman–Crippen MR) is 137 cm³/mol. The topological polar surface area (TPSA) is 219 Å². The van der Waals surface area contributed by atoms with Gasteiger partial charge in [-0.05, 0) is 35.3 Å². The van der Waals surface area contributed by atoms with Gasteiger partial charge in [-0.1, -0.05) is 35.3 Å². The minimum Gasteiger partial charge on any atom is -0.475 e. The van der Waals surface area contributed by atoms with Gasteiger partial charge in [0.1, 0.15) is 12.3 Å². The number of nitrogens with one attached hydrogen (secondary N) is 3. The quantitative estimate of drug-likeness (QED) is 0.0979. The van der Waals surface area contributed by atoms with Crippen LogP contribution < -0.4 is 27.1 Å². The number of benzene rings is 1. The van der Waals surface area contributed by atoms with E-state index in [9.17, 15) is 31.2 Å². The van der Waals surface area contributed by atoms with Gasteiger partial charge in [-0.2, -0.15) is 13.2 Å². The van der Waals surface area contributed by atoms with Gasteiger partial charge in [-0.25, -0.2) is 13.2 Å². The number of hydrogen-bond acceptors (Lipinski definition) is 7. The van der Waals surface area contributed by atoms with Crippen LogP contribution in [0.5, 0.6) is 0 Å². The van der Waals surface area contributed by atoms with E-state index in [1.165, 1.54) is 18.2 Å². The fraction of sp³-hybridized carbons (Fsp3) is 0.300. The number of nitrogens with two attached hydrogens (primary N) is 2. The van der Waals surface area contributed by atoms with E-state index in [4.69, 9.17) is 49.4 Å². The van der Waals surface area contributed by atoms with E-state index in [0.717, 1.165) is 0 Å². The van der Waals surface area contributed by atoms with Crippen molar-refractivity contribution >= 4 is 56.7 Å². The molecule has 1 aromatic carbocycles. The van der Waals surface area contributed by atoms with Gasteiger partial charge >= 0.3 is 12.1 Å². The highest BCUT2D eigenvalue weighted by Gasteiger charge is 2.38. The standard InChI is InChI=1S/C18H22Cl2N6O5S.C2HF3O2/c1-10-7-12(8-14(27)23-5-6-31-25-18(21)22)16(17(28)24-10)26-32(29,30)9-11-3-2-4-13(19)15(11)20;3-2(4,5)1(6)7/h2-4,7,26H,5-6,8-9H2,1H3,(H,23,27)(H,24,28)(H4,21,22,25);(H,6,7). The molecule has 0 fully saturated rings. The molecule has 0 spiro atoms. The summed E-state index contributed by atoms with van der Waals surface area (Å²) in [6.45, 7) is 1.71. The first-order valence-corrected chi connectivity index (χ1v) is 12.8. The van der Waals surface area contributed by atoms with Crippen molar-refractivity contribution in [3.63, 3.8) is 0 Å². The van der Waals surface area contributed by atoms with E-state index >= 15 is 0 Å². The molecule has 1 heterocycles. The smallest absolute Gasteiger partial charge is 0.475 e. The Morgan fingerprint density at radius 3 is 2.38 bits per heavy atom. The van der Waals surface area contributed by atoms with Gasteiger partial charge in [0.05, 0.1) is 28.8 Å². The number of carbonyl (C=O) groups is 2. The number of carboxylic acids is 1. The lowest BCUT2D eigenvalue weighted by atomic mass is 10.1. The van der Waals surface area contributed by atoms with Crippen LogP contribution in [0.25, 0.3) is 0 Å². The zero-order chi connectivity index (χ0) is 30.0.